The number of aryl methyl sites for hydroxylation is 1. The number of benzene rings is 1. The topological polar surface area (TPSA) is 90.8 Å². The lowest BCUT2D eigenvalue weighted by Crippen LogP contribution is -2.44. The van der Waals surface area contributed by atoms with Gasteiger partial charge in [-0.05, 0) is 38.8 Å². The highest BCUT2D eigenvalue weighted by Gasteiger charge is 2.07. The van der Waals surface area contributed by atoms with E-state index in [4.69, 9.17) is 5.73 Å². The smallest absolute Gasteiger partial charge is 0.197 e. The largest absolute Gasteiger partial charge is 0.369 e. The maximum absolute atomic E-state index is 5.60. The first kappa shape index (κ1) is 21.2. The van der Waals surface area contributed by atoms with Gasteiger partial charge in [0.2, 0.25) is 0 Å². The number of anilines is 1. The molecular formula is C21H34N6. The van der Waals surface area contributed by atoms with Crippen molar-refractivity contribution in [1.29, 1.82) is 0 Å². The SMILES string of the molecule is CNNC(CCCCCc1cnc(N)[nH]1)CNC/C(C)=C/c1ccccc1. The number of hydrogen-bond acceptors (Lipinski definition) is 5. The van der Waals surface area contributed by atoms with Crippen molar-refractivity contribution in [2.75, 3.05) is 25.9 Å². The third kappa shape index (κ3) is 8.86. The van der Waals surface area contributed by atoms with Crippen LogP contribution in [0.3, 0.4) is 0 Å². The van der Waals surface area contributed by atoms with Gasteiger partial charge in [-0.1, -0.05) is 54.8 Å². The van der Waals surface area contributed by atoms with E-state index in [0.29, 0.717) is 12.0 Å². The van der Waals surface area contributed by atoms with Crippen molar-refractivity contribution < 1.29 is 0 Å². The van der Waals surface area contributed by atoms with Gasteiger partial charge in [-0.25, -0.2) is 4.98 Å². The van der Waals surface area contributed by atoms with Crippen molar-refractivity contribution >= 4 is 12.0 Å². The summed E-state index contributed by atoms with van der Waals surface area (Å²) in [5.41, 5.74) is 15.7. The van der Waals surface area contributed by atoms with E-state index in [9.17, 15) is 0 Å². The van der Waals surface area contributed by atoms with Crippen LogP contribution in [0.5, 0.6) is 0 Å². The molecule has 0 amide bonds. The molecular weight excluding hydrogens is 336 g/mol. The number of imidazole rings is 1. The highest BCUT2D eigenvalue weighted by molar-refractivity contribution is 5.52. The summed E-state index contributed by atoms with van der Waals surface area (Å²) in [6.07, 6.45) is 9.76. The van der Waals surface area contributed by atoms with Gasteiger partial charge in [0, 0.05) is 24.8 Å². The summed E-state index contributed by atoms with van der Waals surface area (Å²) in [6, 6.07) is 10.9. The number of H-pyrrole nitrogens is 1. The Labute approximate surface area is 163 Å². The summed E-state index contributed by atoms with van der Waals surface area (Å²) < 4.78 is 0. The third-order valence-corrected chi connectivity index (χ3v) is 4.50. The Kier molecular flexibility index (Phi) is 9.62. The van der Waals surface area contributed by atoms with Gasteiger partial charge in [-0.3, -0.25) is 10.9 Å². The average Bonchev–Trinajstić information content (AvgIpc) is 3.07. The van der Waals surface area contributed by atoms with E-state index in [1.807, 2.05) is 19.3 Å². The Morgan fingerprint density at radius 3 is 2.74 bits per heavy atom. The van der Waals surface area contributed by atoms with Crippen LogP contribution in [0.25, 0.3) is 6.08 Å². The van der Waals surface area contributed by atoms with Crippen molar-refractivity contribution in [2.24, 2.45) is 0 Å². The van der Waals surface area contributed by atoms with Crippen molar-refractivity contribution in [3.63, 3.8) is 0 Å². The summed E-state index contributed by atoms with van der Waals surface area (Å²) in [5.74, 6) is 0.506. The number of nitrogens with two attached hydrogens (primary N) is 1. The molecule has 1 heterocycles. The molecule has 6 N–H and O–H groups in total. The molecule has 2 aromatic rings. The second-order valence-electron chi connectivity index (χ2n) is 7.02. The van der Waals surface area contributed by atoms with E-state index in [0.717, 1.165) is 38.0 Å². The molecule has 0 saturated carbocycles. The zero-order chi connectivity index (χ0) is 19.3. The summed E-state index contributed by atoms with van der Waals surface area (Å²) >= 11 is 0. The maximum Gasteiger partial charge on any atom is 0.197 e. The average molecular weight is 371 g/mol. The number of aromatic nitrogens is 2. The van der Waals surface area contributed by atoms with Gasteiger partial charge in [0.1, 0.15) is 0 Å². The third-order valence-electron chi connectivity index (χ3n) is 4.50. The van der Waals surface area contributed by atoms with Crippen LogP contribution < -0.4 is 21.9 Å². The van der Waals surface area contributed by atoms with Crippen LogP contribution in [-0.2, 0) is 6.42 Å². The fourth-order valence-electron chi connectivity index (χ4n) is 3.14. The molecule has 0 saturated heterocycles. The summed E-state index contributed by atoms with van der Waals surface area (Å²) in [5, 5.41) is 3.56. The van der Waals surface area contributed by atoms with Crippen LogP contribution in [0.15, 0.2) is 42.1 Å². The van der Waals surface area contributed by atoms with Crippen LogP contribution in [0.4, 0.5) is 5.95 Å². The van der Waals surface area contributed by atoms with E-state index in [-0.39, 0.29) is 0 Å². The second kappa shape index (κ2) is 12.3. The number of hydrogen-bond donors (Lipinski definition) is 5. The van der Waals surface area contributed by atoms with Crippen LogP contribution in [0, 0.1) is 0 Å². The zero-order valence-electron chi connectivity index (χ0n) is 16.6. The molecule has 1 aromatic carbocycles. The number of rotatable bonds is 13. The quantitative estimate of drug-likeness (QED) is 0.276. The van der Waals surface area contributed by atoms with Crippen LogP contribution in [0.2, 0.25) is 0 Å². The number of nitrogens with one attached hydrogen (secondary N) is 4. The normalized spacial score (nSPS) is 13.0. The minimum Gasteiger partial charge on any atom is -0.369 e. The first-order valence-corrected chi connectivity index (χ1v) is 9.82. The van der Waals surface area contributed by atoms with E-state index >= 15 is 0 Å². The fraction of sp³-hybridized carbons (Fsp3) is 0.476. The van der Waals surface area contributed by atoms with Crippen LogP contribution >= 0.6 is 0 Å². The summed E-state index contributed by atoms with van der Waals surface area (Å²) in [7, 11) is 1.93. The lowest BCUT2D eigenvalue weighted by atomic mass is 10.1. The number of nitrogen functional groups attached to an aromatic ring is 1. The fourth-order valence-corrected chi connectivity index (χ4v) is 3.14. The van der Waals surface area contributed by atoms with Gasteiger partial charge in [0.15, 0.2) is 5.95 Å². The maximum atomic E-state index is 5.60. The van der Waals surface area contributed by atoms with Crippen molar-refractivity contribution in [1.82, 2.24) is 26.1 Å². The summed E-state index contributed by atoms with van der Waals surface area (Å²) in [4.78, 5) is 7.11. The first-order valence-electron chi connectivity index (χ1n) is 9.82. The Morgan fingerprint density at radius 1 is 1.22 bits per heavy atom. The molecule has 0 spiro atoms. The highest BCUT2D eigenvalue weighted by Crippen LogP contribution is 2.09. The molecule has 1 unspecified atom stereocenters. The van der Waals surface area contributed by atoms with Gasteiger partial charge in [0.05, 0.1) is 6.20 Å². The van der Waals surface area contributed by atoms with Crippen molar-refractivity contribution in [3.8, 4) is 0 Å². The predicted molar refractivity (Wildman–Crippen MR) is 114 cm³/mol. The van der Waals surface area contributed by atoms with Gasteiger partial charge < -0.3 is 16.0 Å². The predicted octanol–water partition coefficient (Wildman–Crippen LogP) is 2.88. The monoisotopic (exact) mass is 370 g/mol. The molecule has 0 bridgehead atoms. The van der Waals surface area contributed by atoms with Crippen LogP contribution in [-0.4, -0.2) is 36.1 Å². The lowest BCUT2D eigenvalue weighted by Gasteiger charge is -2.19. The van der Waals surface area contributed by atoms with Crippen LogP contribution in [0.1, 0.15) is 43.9 Å². The standard InChI is InChI=1S/C21H34N6/c1-17(13-18-9-5-3-6-10-18)14-24-15-20(27-23-2)12-8-4-7-11-19-16-25-21(22)26-19/h3,5-6,9-10,13,16,20,23-24,27H,4,7-8,11-12,14-15H2,1-2H3,(H3,22,25,26)/b17-13+. The number of nitrogens with zero attached hydrogens (tertiary/aromatic N) is 1. The van der Waals surface area contributed by atoms with Crippen molar-refractivity contribution in [2.45, 2.75) is 45.1 Å². The molecule has 2 rings (SSSR count). The molecule has 0 aliphatic heterocycles. The Hall–Kier alpha value is -2.15. The van der Waals surface area contributed by atoms with Gasteiger partial charge in [-0.2, -0.15) is 0 Å². The molecule has 1 atom stereocenters. The molecule has 148 valence electrons. The zero-order valence-corrected chi connectivity index (χ0v) is 16.6. The molecule has 0 aliphatic carbocycles. The molecule has 0 aliphatic rings. The Morgan fingerprint density at radius 2 is 2.04 bits per heavy atom. The van der Waals surface area contributed by atoms with Gasteiger partial charge in [-0.15, -0.1) is 0 Å². The minimum absolute atomic E-state index is 0.419. The van der Waals surface area contributed by atoms with Crippen molar-refractivity contribution in [3.05, 3.63) is 53.4 Å². The summed E-state index contributed by atoms with van der Waals surface area (Å²) in [6.45, 7) is 4.01. The second-order valence-corrected chi connectivity index (χ2v) is 7.02. The van der Waals surface area contributed by atoms with Gasteiger partial charge in [0.25, 0.3) is 0 Å². The number of hydrazine groups is 1. The van der Waals surface area contributed by atoms with E-state index in [2.05, 4.69) is 63.4 Å². The number of unbranched alkanes of at least 4 members (excludes halogenated alkanes) is 2. The molecule has 0 radical (unpaired) electrons. The highest BCUT2D eigenvalue weighted by atomic mass is 15.4. The minimum atomic E-state index is 0.419. The molecule has 6 nitrogen and oxygen atoms in total. The van der Waals surface area contributed by atoms with E-state index < -0.39 is 0 Å². The molecule has 6 heteroatoms. The van der Waals surface area contributed by atoms with Gasteiger partial charge >= 0.3 is 0 Å². The van der Waals surface area contributed by atoms with E-state index in [1.165, 1.54) is 24.0 Å². The Bertz CT molecular complexity index is 664. The molecule has 27 heavy (non-hydrogen) atoms. The molecule has 0 fully saturated rings. The molecule has 1 aromatic heterocycles. The number of aromatic amines is 1. The lowest BCUT2D eigenvalue weighted by molar-refractivity contribution is 0.402. The Balaban J connectivity index is 1.62. The van der Waals surface area contributed by atoms with E-state index in [1.54, 1.807) is 0 Å². The first-order chi connectivity index (χ1) is 13.2.